The summed E-state index contributed by atoms with van der Waals surface area (Å²) in [5.41, 5.74) is 0.325. The highest BCUT2D eigenvalue weighted by Crippen LogP contribution is 2.48. The minimum Gasteiger partial charge on any atom is -0.481 e. The molecule has 0 unspecified atom stereocenters. The molecular formula is C19H25N3O4. The Morgan fingerprint density at radius 2 is 1.92 bits per heavy atom. The maximum absolute atomic E-state index is 12.5. The Morgan fingerprint density at radius 1 is 1.23 bits per heavy atom. The zero-order valence-corrected chi connectivity index (χ0v) is 15.1. The zero-order valence-electron chi connectivity index (χ0n) is 15.1. The van der Waals surface area contributed by atoms with E-state index in [1.807, 2.05) is 13.8 Å². The van der Waals surface area contributed by atoms with Gasteiger partial charge in [-0.3, -0.25) is 9.59 Å². The van der Waals surface area contributed by atoms with Crippen molar-refractivity contribution in [2.75, 3.05) is 18.4 Å². The number of carboxylic acid groups (broad SMARTS) is 1. The third kappa shape index (κ3) is 3.38. The van der Waals surface area contributed by atoms with Gasteiger partial charge >= 0.3 is 12.0 Å². The van der Waals surface area contributed by atoms with Crippen molar-refractivity contribution in [2.45, 2.75) is 39.2 Å². The average molecular weight is 359 g/mol. The standard InChI is InChI=1S/C19H25N3O4/c1-12(2)20-16(23)13-5-7-15(8-6-13)21-18(26)22-10-14-4-3-9-19(14,11-22)17(24)25/h5-8,12,14H,3-4,9-11H2,1-2H3,(H,20,23)(H,21,26)(H,24,25)/t14-,19+/m0/s1. The largest absolute Gasteiger partial charge is 0.481 e. The molecule has 1 heterocycles. The molecule has 3 N–H and O–H groups in total. The number of anilines is 1. The number of fused-ring (bicyclic) bond motifs is 1. The molecule has 2 atom stereocenters. The summed E-state index contributed by atoms with van der Waals surface area (Å²) in [5, 5.41) is 15.2. The third-order valence-corrected chi connectivity index (χ3v) is 5.40. The van der Waals surface area contributed by atoms with Crippen LogP contribution in [0.2, 0.25) is 0 Å². The fourth-order valence-corrected chi connectivity index (χ4v) is 4.05. The van der Waals surface area contributed by atoms with Crippen molar-refractivity contribution in [1.82, 2.24) is 10.2 Å². The second-order valence-corrected chi connectivity index (χ2v) is 7.57. The summed E-state index contributed by atoms with van der Waals surface area (Å²) < 4.78 is 0. The van der Waals surface area contributed by atoms with Gasteiger partial charge in [0.25, 0.3) is 5.91 Å². The van der Waals surface area contributed by atoms with Crippen LogP contribution in [0, 0.1) is 11.3 Å². The van der Waals surface area contributed by atoms with E-state index in [9.17, 15) is 19.5 Å². The molecule has 140 valence electrons. The Morgan fingerprint density at radius 3 is 2.50 bits per heavy atom. The van der Waals surface area contributed by atoms with Gasteiger partial charge in [-0.2, -0.15) is 0 Å². The number of hydrogen-bond acceptors (Lipinski definition) is 3. The van der Waals surface area contributed by atoms with Gasteiger partial charge in [0.2, 0.25) is 0 Å². The number of nitrogens with one attached hydrogen (secondary N) is 2. The highest BCUT2D eigenvalue weighted by Gasteiger charge is 2.55. The first-order chi connectivity index (χ1) is 12.3. The summed E-state index contributed by atoms with van der Waals surface area (Å²) in [7, 11) is 0. The van der Waals surface area contributed by atoms with Crippen LogP contribution >= 0.6 is 0 Å². The highest BCUT2D eigenvalue weighted by molar-refractivity contribution is 5.95. The van der Waals surface area contributed by atoms with Crippen molar-refractivity contribution in [3.8, 4) is 0 Å². The van der Waals surface area contributed by atoms with E-state index in [2.05, 4.69) is 10.6 Å². The molecule has 1 aromatic carbocycles. The first-order valence-electron chi connectivity index (χ1n) is 9.02. The lowest BCUT2D eigenvalue weighted by Crippen LogP contribution is -2.38. The van der Waals surface area contributed by atoms with Gasteiger partial charge in [-0.05, 0) is 56.9 Å². The van der Waals surface area contributed by atoms with Gasteiger partial charge in [-0.1, -0.05) is 6.42 Å². The molecule has 1 saturated heterocycles. The van der Waals surface area contributed by atoms with Crippen LogP contribution in [0.3, 0.4) is 0 Å². The van der Waals surface area contributed by atoms with E-state index in [1.54, 1.807) is 29.2 Å². The maximum Gasteiger partial charge on any atom is 0.321 e. The molecule has 1 saturated carbocycles. The number of urea groups is 1. The Bertz CT molecular complexity index is 716. The Balaban J connectivity index is 1.62. The molecule has 1 aromatic rings. The second-order valence-electron chi connectivity index (χ2n) is 7.57. The van der Waals surface area contributed by atoms with Crippen molar-refractivity contribution in [3.05, 3.63) is 29.8 Å². The lowest BCUT2D eigenvalue weighted by atomic mass is 9.81. The summed E-state index contributed by atoms with van der Waals surface area (Å²) >= 11 is 0. The smallest absolute Gasteiger partial charge is 0.321 e. The van der Waals surface area contributed by atoms with E-state index in [4.69, 9.17) is 0 Å². The van der Waals surface area contributed by atoms with Crippen LogP contribution in [0.15, 0.2) is 24.3 Å². The van der Waals surface area contributed by atoms with Crippen molar-refractivity contribution in [3.63, 3.8) is 0 Å². The highest BCUT2D eigenvalue weighted by atomic mass is 16.4. The molecule has 1 aliphatic heterocycles. The van der Waals surface area contributed by atoms with E-state index in [1.165, 1.54) is 0 Å². The number of hydrogen-bond donors (Lipinski definition) is 3. The Labute approximate surface area is 152 Å². The SMILES string of the molecule is CC(C)NC(=O)c1ccc(NC(=O)N2C[C@@H]3CCC[C@@]3(C(=O)O)C2)cc1. The van der Waals surface area contributed by atoms with Gasteiger partial charge in [0.05, 0.1) is 5.41 Å². The third-order valence-electron chi connectivity index (χ3n) is 5.40. The van der Waals surface area contributed by atoms with Gasteiger partial charge in [0, 0.05) is 30.4 Å². The van der Waals surface area contributed by atoms with Crippen LogP contribution in [-0.2, 0) is 4.79 Å². The minimum absolute atomic E-state index is 0.0351. The van der Waals surface area contributed by atoms with Crippen molar-refractivity contribution < 1.29 is 19.5 Å². The quantitative estimate of drug-likeness (QED) is 0.769. The molecule has 3 amide bonds. The molecule has 7 heteroatoms. The summed E-state index contributed by atoms with van der Waals surface area (Å²) in [6.45, 7) is 4.52. The summed E-state index contributed by atoms with van der Waals surface area (Å²) in [5.74, 6) is -0.919. The van der Waals surface area contributed by atoms with Crippen LogP contribution in [-0.4, -0.2) is 47.0 Å². The van der Waals surface area contributed by atoms with Crippen molar-refractivity contribution >= 4 is 23.6 Å². The molecule has 2 fully saturated rings. The van der Waals surface area contributed by atoms with E-state index in [-0.39, 0.29) is 30.4 Å². The number of nitrogens with zero attached hydrogens (tertiary/aromatic N) is 1. The van der Waals surface area contributed by atoms with Gasteiger partial charge in [-0.15, -0.1) is 0 Å². The molecule has 2 aliphatic rings. The molecular weight excluding hydrogens is 334 g/mol. The number of aliphatic carboxylic acids is 1. The number of rotatable bonds is 4. The van der Waals surface area contributed by atoms with Gasteiger partial charge in [-0.25, -0.2) is 4.79 Å². The number of carbonyl (C=O) groups is 3. The Kier molecular flexibility index (Phi) is 4.89. The van der Waals surface area contributed by atoms with Crippen LogP contribution in [0.5, 0.6) is 0 Å². The molecule has 0 bridgehead atoms. The summed E-state index contributed by atoms with van der Waals surface area (Å²) in [4.78, 5) is 37.8. The zero-order chi connectivity index (χ0) is 18.9. The first kappa shape index (κ1) is 18.2. The molecule has 3 rings (SSSR count). The fourth-order valence-electron chi connectivity index (χ4n) is 4.05. The predicted molar refractivity (Wildman–Crippen MR) is 97.0 cm³/mol. The number of likely N-dealkylation sites (tertiary alicyclic amines) is 1. The van der Waals surface area contributed by atoms with E-state index in [0.717, 1.165) is 12.8 Å². The topological polar surface area (TPSA) is 98.7 Å². The van der Waals surface area contributed by atoms with Crippen LogP contribution in [0.25, 0.3) is 0 Å². The van der Waals surface area contributed by atoms with Crippen molar-refractivity contribution in [2.24, 2.45) is 11.3 Å². The second kappa shape index (κ2) is 6.97. The monoisotopic (exact) mass is 359 g/mol. The van der Waals surface area contributed by atoms with E-state index < -0.39 is 11.4 Å². The molecule has 1 aliphatic carbocycles. The Hall–Kier alpha value is -2.57. The molecule has 26 heavy (non-hydrogen) atoms. The summed E-state index contributed by atoms with van der Waals surface area (Å²) in [6.07, 6.45) is 2.40. The number of carboxylic acids is 1. The molecule has 7 nitrogen and oxygen atoms in total. The van der Waals surface area contributed by atoms with Crippen molar-refractivity contribution in [1.29, 1.82) is 0 Å². The maximum atomic E-state index is 12.5. The first-order valence-corrected chi connectivity index (χ1v) is 9.02. The molecule has 0 aromatic heterocycles. The van der Waals surface area contributed by atoms with E-state index >= 15 is 0 Å². The summed E-state index contributed by atoms with van der Waals surface area (Å²) in [6, 6.07) is 6.43. The number of carbonyl (C=O) groups excluding carboxylic acids is 2. The van der Waals surface area contributed by atoms with Crippen LogP contribution < -0.4 is 10.6 Å². The lowest BCUT2D eigenvalue weighted by Gasteiger charge is -2.23. The van der Waals surface area contributed by atoms with E-state index in [0.29, 0.717) is 24.2 Å². The van der Waals surface area contributed by atoms with Gasteiger partial charge in [0.1, 0.15) is 0 Å². The van der Waals surface area contributed by atoms with Gasteiger partial charge in [0.15, 0.2) is 0 Å². The normalized spacial score (nSPS) is 24.4. The number of amides is 3. The molecule has 0 radical (unpaired) electrons. The number of benzene rings is 1. The van der Waals surface area contributed by atoms with Gasteiger partial charge < -0.3 is 20.6 Å². The van der Waals surface area contributed by atoms with Crippen LogP contribution in [0.4, 0.5) is 10.5 Å². The lowest BCUT2D eigenvalue weighted by molar-refractivity contribution is -0.149. The minimum atomic E-state index is -0.796. The predicted octanol–water partition coefficient (Wildman–Crippen LogP) is 2.54. The van der Waals surface area contributed by atoms with Crippen LogP contribution in [0.1, 0.15) is 43.5 Å². The fraction of sp³-hybridized carbons (Fsp3) is 0.526. The molecule has 0 spiro atoms. The average Bonchev–Trinajstić information content (AvgIpc) is 3.13.